The number of aryl methyl sites for hydroxylation is 2. The zero-order valence-corrected chi connectivity index (χ0v) is 22.2. The molecule has 3 heterocycles. The van der Waals surface area contributed by atoms with E-state index in [4.69, 9.17) is 17.2 Å². The standard InChI is InChI=1S/C27H30N4O2S2/c1-5-13-29(14-6-2)24-21(25(32)30-15-7-8-19(4)23(30)28-24)16-22-26(33)31(27(34)35-22)17-20-11-9-18(3)10-12-20/h7-12,15-16H,5-6,13-14,17H2,1-4H3/b22-16-. The lowest BCUT2D eigenvalue weighted by molar-refractivity contribution is -0.122. The van der Waals surface area contributed by atoms with E-state index >= 15 is 0 Å². The molecule has 1 aliphatic heterocycles. The molecule has 1 fully saturated rings. The van der Waals surface area contributed by atoms with E-state index in [0.29, 0.717) is 32.8 Å². The van der Waals surface area contributed by atoms with Gasteiger partial charge >= 0.3 is 0 Å². The number of anilines is 1. The highest BCUT2D eigenvalue weighted by Gasteiger charge is 2.33. The second kappa shape index (κ2) is 10.7. The van der Waals surface area contributed by atoms with E-state index in [1.54, 1.807) is 21.6 Å². The first-order chi connectivity index (χ1) is 16.8. The average Bonchev–Trinajstić information content (AvgIpc) is 3.10. The van der Waals surface area contributed by atoms with Gasteiger partial charge in [0.2, 0.25) is 0 Å². The number of amides is 1. The number of pyridine rings is 1. The number of rotatable bonds is 8. The molecule has 1 amide bonds. The maximum Gasteiger partial charge on any atom is 0.267 e. The molecular weight excluding hydrogens is 476 g/mol. The summed E-state index contributed by atoms with van der Waals surface area (Å²) in [6.45, 7) is 10.2. The highest BCUT2D eigenvalue weighted by Crippen LogP contribution is 2.34. The molecule has 1 aliphatic rings. The van der Waals surface area contributed by atoms with Crippen molar-refractivity contribution in [2.45, 2.75) is 47.1 Å². The second-order valence-electron chi connectivity index (χ2n) is 8.78. The Labute approximate surface area is 215 Å². The Kier molecular flexibility index (Phi) is 7.72. The normalized spacial score (nSPS) is 15.0. The number of aromatic nitrogens is 2. The highest BCUT2D eigenvalue weighted by atomic mass is 32.2. The quantitative estimate of drug-likeness (QED) is 0.304. The van der Waals surface area contributed by atoms with E-state index in [1.165, 1.54) is 11.8 Å². The molecule has 0 bridgehead atoms. The Hall–Kier alpha value is -2.97. The average molecular weight is 507 g/mol. The van der Waals surface area contributed by atoms with Crippen LogP contribution in [0.25, 0.3) is 11.7 Å². The van der Waals surface area contributed by atoms with Crippen LogP contribution in [-0.4, -0.2) is 37.6 Å². The third-order valence-corrected chi connectivity index (χ3v) is 7.34. The lowest BCUT2D eigenvalue weighted by Crippen LogP contribution is -2.31. The van der Waals surface area contributed by atoms with E-state index in [0.717, 1.165) is 42.6 Å². The Morgan fingerprint density at radius 3 is 2.40 bits per heavy atom. The molecule has 35 heavy (non-hydrogen) atoms. The van der Waals surface area contributed by atoms with E-state index in [2.05, 4.69) is 18.7 Å². The molecule has 0 aliphatic carbocycles. The van der Waals surface area contributed by atoms with Crippen molar-refractivity contribution in [3.8, 4) is 0 Å². The lowest BCUT2D eigenvalue weighted by Gasteiger charge is -2.25. The van der Waals surface area contributed by atoms with Crippen molar-refractivity contribution in [3.63, 3.8) is 0 Å². The van der Waals surface area contributed by atoms with Gasteiger partial charge in [0, 0.05) is 19.3 Å². The molecule has 0 N–H and O–H groups in total. The molecule has 6 nitrogen and oxygen atoms in total. The SMILES string of the molecule is CCCN(CCC)c1nc2c(C)cccn2c(=O)c1/C=C1\SC(=S)N(Cc2ccc(C)cc2)C1=O. The molecule has 2 aromatic heterocycles. The minimum Gasteiger partial charge on any atom is -0.356 e. The van der Waals surface area contributed by atoms with Crippen LogP contribution in [0.5, 0.6) is 0 Å². The van der Waals surface area contributed by atoms with Gasteiger partial charge in [0.05, 0.1) is 17.0 Å². The fourth-order valence-electron chi connectivity index (χ4n) is 4.17. The summed E-state index contributed by atoms with van der Waals surface area (Å²) in [5.74, 6) is 0.439. The predicted octanol–water partition coefficient (Wildman–Crippen LogP) is 5.34. The fourth-order valence-corrected chi connectivity index (χ4v) is 5.41. The van der Waals surface area contributed by atoms with Crippen molar-refractivity contribution in [1.29, 1.82) is 0 Å². The summed E-state index contributed by atoms with van der Waals surface area (Å²) in [7, 11) is 0. The van der Waals surface area contributed by atoms with Crippen molar-refractivity contribution in [3.05, 3.63) is 80.1 Å². The van der Waals surface area contributed by atoms with Gasteiger partial charge in [0.1, 0.15) is 15.8 Å². The fraction of sp³-hybridized carbons (Fsp3) is 0.333. The van der Waals surface area contributed by atoms with Crippen LogP contribution < -0.4 is 10.5 Å². The zero-order valence-electron chi connectivity index (χ0n) is 20.6. The largest absolute Gasteiger partial charge is 0.356 e. The molecule has 1 aromatic carbocycles. The summed E-state index contributed by atoms with van der Waals surface area (Å²) < 4.78 is 2.06. The van der Waals surface area contributed by atoms with Crippen LogP contribution in [0.1, 0.15) is 48.9 Å². The number of benzene rings is 1. The van der Waals surface area contributed by atoms with E-state index in [-0.39, 0.29) is 11.5 Å². The summed E-state index contributed by atoms with van der Waals surface area (Å²) in [5.41, 5.74) is 3.97. The Bertz CT molecular complexity index is 1360. The molecule has 0 radical (unpaired) electrons. The van der Waals surface area contributed by atoms with Gasteiger partial charge in [0.25, 0.3) is 11.5 Å². The molecular formula is C27H30N4O2S2. The minimum atomic E-state index is -0.185. The van der Waals surface area contributed by atoms with Gasteiger partial charge < -0.3 is 4.90 Å². The van der Waals surface area contributed by atoms with Crippen LogP contribution >= 0.6 is 24.0 Å². The van der Waals surface area contributed by atoms with Gasteiger partial charge in [-0.15, -0.1) is 0 Å². The summed E-state index contributed by atoms with van der Waals surface area (Å²) in [4.78, 5) is 36.2. The number of hydrogen-bond acceptors (Lipinski definition) is 6. The third-order valence-electron chi connectivity index (χ3n) is 5.96. The number of fused-ring (bicyclic) bond motifs is 1. The maximum absolute atomic E-state index is 13.7. The van der Waals surface area contributed by atoms with Gasteiger partial charge in [-0.3, -0.25) is 18.9 Å². The second-order valence-corrected chi connectivity index (χ2v) is 10.5. The molecule has 0 atom stereocenters. The number of carbonyl (C=O) groups is 1. The van der Waals surface area contributed by atoms with Gasteiger partial charge in [-0.05, 0) is 50.0 Å². The van der Waals surface area contributed by atoms with Crippen LogP contribution in [-0.2, 0) is 11.3 Å². The molecule has 3 aromatic rings. The smallest absolute Gasteiger partial charge is 0.267 e. The topological polar surface area (TPSA) is 57.9 Å². The molecule has 8 heteroatoms. The van der Waals surface area contributed by atoms with Gasteiger partial charge in [-0.25, -0.2) is 4.98 Å². The summed E-state index contributed by atoms with van der Waals surface area (Å²) in [5, 5.41) is 0. The van der Waals surface area contributed by atoms with Crippen LogP contribution in [0.3, 0.4) is 0 Å². The predicted molar refractivity (Wildman–Crippen MR) is 149 cm³/mol. The van der Waals surface area contributed by atoms with Gasteiger partial charge in [0.15, 0.2) is 0 Å². The summed E-state index contributed by atoms with van der Waals surface area (Å²) >= 11 is 6.79. The maximum atomic E-state index is 13.7. The number of carbonyl (C=O) groups excluding carboxylic acids is 1. The Morgan fingerprint density at radius 2 is 1.74 bits per heavy atom. The monoisotopic (exact) mass is 506 g/mol. The van der Waals surface area contributed by atoms with Crippen LogP contribution in [0.4, 0.5) is 5.82 Å². The third kappa shape index (κ3) is 5.18. The van der Waals surface area contributed by atoms with Crippen molar-refractivity contribution < 1.29 is 4.79 Å². The zero-order chi connectivity index (χ0) is 25.1. The first kappa shape index (κ1) is 25.1. The van der Waals surface area contributed by atoms with Gasteiger partial charge in [-0.1, -0.05) is 73.7 Å². The first-order valence-corrected chi connectivity index (χ1v) is 13.1. The molecule has 0 unspecified atom stereocenters. The number of thioether (sulfide) groups is 1. The van der Waals surface area contributed by atoms with E-state index in [1.807, 2.05) is 50.2 Å². The number of thiocarbonyl (C=S) groups is 1. The molecule has 4 rings (SSSR count). The summed E-state index contributed by atoms with van der Waals surface area (Å²) in [6, 6.07) is 11.8. The van der Waals surface area contributed by atoms with E-state index < -0.39 is 0 Å². The van der Waals surface area contributed by atoms with Crippen LogP contribution in [0.2, 0.25) is 0 Å². The lowest BCUT2D eigenvalue weighted by atomic mass is 10.1. The minimum absolute atomic E-state index is 0.183. The molecule has 182 valence electrons. The Balaban J connectivity index is 1.80. The van der Waals surface area contributed by atoms with E-state index in [9.17, 15) is 9.59 Å². The number of nitrogens with zero attached hydrogens (tertiary/aromatic N) is 4. The van der Waals surface area contributed by atoms with Gasteiger partial charge in [-0.2, -0.15) is 0 Å². The molecule has 0 spiro atoms. The van der Waals surface area contributed by atoms with Crippen LogP contribution in [0, 0.1) is 13.8 Å². The highest BCUT2D eigenvalue weighted by molar-refractivity contribution is 8.26. The van der Waals surface area contributed by atoms with Crippen molar-refractivity contribution in [2.75, 3.05) is 18.0 Å². The Morgan fingerprint density at radius 1 is 1.06 bits per heavy atom. The number of hydrogen-bond donors (Lipinski definition) is 0. The van der Waals surface area contributed by atoms with Crippen molar-refractivity contribution in [1.82, 2.24) is 14.3 Å². The summed E-state index contributed by atoms with van der Waals surface area (Å²) in [6.07, 6.45) is 5.26. The van der Waals surface area contributed by atoms with Crippen LogP contribution in [0.15, 0.2) is 52.3 Å². The van der Waals surface area contributed by atoms with Crippen molar-refractivity contribution >= 4 is 51.7 Å². The van der Waals surface area contributed by atoms with Crippen molar-refractivity contribution in [2.24, 2.45) is 0 Å². The first-order valence-electron chi connectivity index (χ1n) is 11.9. The molecule has 0 saturated carbocycles. The molecule has 1 saturated heterocycles.